The lowest BCUT2D eigenvalue weighted by Gasteiger charge is -2.13. The van der Waals surface area contributed by atoms with Crippen LogP contribution in [0.15, 0.2) is 36.4 Å². The summed E-state index contributed by atoms with van der Waals surface area (Å²) >= 11 is 12.3. The van der Waals surface area contributed by atoms with Gasteiger partial charge in [-0.15, -0.1) is 11.6 Å². The quantitative estimate of drug-likeness (QED) is 0.721. The molecule has 1 atom stereocenters. The molecule has 2 aromatic rings. The topological polar surface area (TPSA) is 9.23 Å². The van der Waals surface area contributed by atoms with Gasteiger partial charge in [0.25, 0.3) is 0 Å². The largest absolute Gasteiger partial charge is 0.372 e. The minimum atomic E-state index is -0.551. The van der Waals surface area contributed by atoms with E-state index in [1.807, 2.05) is 18.2 Å². The molecule has 1 unspecified atom stereocenters. The van der Waals surface area contributed by atoms with Crippen LogP contribution in [0.3, 0.4) is 0 Å². The Bertz CT molecular complexity index is 628. The molecule has 1 heterocycles. The van der Waals surface area contributed by atoms with Crippen molar-refractivity contribution in [2.24, 2.45) is 0 Å². The summed E-state index contributed by atoms with van der Waals surface area (Å²) in [6, 6.07) is 10.3. The third-order valence-corrected chi connectivity index (χ3v) is 3.99. The maximum atomic E-state index is 13.8. The minimum absolute atomic E-state index is 0.346. The molecule has 0 fully saturated rings. The number of benzene rings is 2. The second-order valence-electron chi connectivity index (χ2n) is 4.55. The maximum absolute atomic E-state index is 13.8. The van der Waals surface area contributed by atoms with Gasteiger partial charge in [-0.1, -0.05) is 29.8 Å². The van der Waals surface area contributed by atoms with Gasteiger partial charge in [0, 0.05) is 10.6 Å². The van der Waals surface area contributed by atoms with Gasteiger partial charge in [-0.3, -0.25) is 0 Å². The SMILES string of the molecule is Fc1ccc(Cl)cc1C(Cl)c1ccc2c(c1)COC2. The summed E-state index contributed by atoms with van der Waals surface area (Å²) in [5, 5.41) is -0.0730. The molecule has 1 aliphatic rings. The molecule has 0 aromatic heterocycles. The summed E-state index contributed by atoms with van der Waals surface area (Å²) in [6.45, 7) is 1.22. The Balaban J connectivity index is 1.99. The van der Waals surface area contributed by atoms with E-state index in [1.54, 1.807) is 6.07 Å². The van der Waals surface area contributed by atoms with Crippen LogP contribution in [0.25, 0.3) is 0 Å². The van der Waals surface area contributed by atoms with E-state index in [9.17, 15) is 4.39 Å². The molecule has 98 valence electrons. The van der Waals surface area contributed by atoms with Gasteiger partial charge in [0.1, 0.15) is 5.82 Å². The van der Waals surface area contributed by atoms with E-state index in [0.29, 0.717) is 23.8 Å². The Labute approximate surface area is 120 Å². The first kappa shape index (κ1) is 12.9. The van der Waals surface area contributed by atoms with Gasteiger partial charge in [0.15, 0.2) is 0 Å². The van der Waals surface area contributed by atoms with Crippen LogP contribution in [-0.4, -0.2) is 0 Å². The number of halogens is 3. The maximum Gasteiger partial charge on any atom is 0.128 e. The summed E-state index contributed by atoms with van der Waals surface area (Å²) in [4.78, 5) is 0. The second-order valence-corrected chi connectivity index (χ2v) is 5.42. The van der Waals surface area contributed by atoms with E-state index in [4.69, 9.17) is 27.9 Å². The molecule has 0 spiro atoms. The van der Waals surface area contributed by atoms with E-state index in [-0.39, 0.29) is 5.82 Å². The van der Waals surface area contributed by atoms with E-state index in [1.165, 1.54) is 17.7 Å². The van der Waals surface area contributed by atoms with Crippen molar-refractivity contribution in [3.63, 3.8) is 0 Å². The van der Waals surface area contributed by atoms with Crippen LogP contribution in [0.2, 0.25) is 5.02 Å². The lowest BCUT2D eigenvalue weighted by Crippen LogP contribution is -1.98. The zero-order valence-corrected chi connectivity index (χ0v) is 11.5. The first-order chi connectivity index (χ1) is 9.15. The van der Waals surface area contributed by atoms with Gasteiger partial charge in [-0.05, 0) is 34.9 Å². The molecule has 0 aliphatic carbocycles. The monoisotopic (exact) mass is 296 g/mol. The van der Waals surface area contributed by atoms with Crippen molar-refractivity contribution >= 4 is 23.2 Å². The minimum Gasteiger partial charge on any atom is -0.372 e. The average molecular weight is 297 g/mol. The summed E-state index contributed by atoms with van der Waals surface area (Å²) < 4.78 is 19.2. The smallest absolute Gasteiger partial charge is 0.128 e. The number of hydrogen-bond donors (Lipinski definition) is 0. The van der Waals surface area contributed by atoms with E-state index in [0.717, 1.165) is 11.1 Å². The van der Waals surface area contributed by atoms with Crippen molar-refractivity contribution in [3.8, 4) is 0 Å². The molecular weight excluding hydrogens is 286 g/mol. The van der Waals surface area contributed by atoms with Gasteiger partial charge in [-0.2, -0.15) is 0 Å². The van der Waals surface area contributed by atoms with Crippen LogP contribution >= 0.6 is 23.2 Å². The van der Waals surface area contributed by atoms with Crippen molar-refractivity contribution in [1.29, 1.82) is 0 Å². The highest BCUT2D eigenvalue weighted by Gasteiger charge is 2.19. The van der Waals surface area contributed by atoms with Crippen molar-refractivity contribution in [1.82, 2.24) is 0 Å². The Morgan fingerprint density at radius 2 is 1.84 bits per heavy atom. The van der Waals surface area contributed by atoms with E-state index in [2.05, 4.69) is 0 Å². The molecule has 1 aliphatic heterocycles. The van der Waals surface area contributed by atoms with Gasteiger partial charge >= 0.3 is 0 Å². The van der Waals surface area contributed by atoms with Gasteiger partial charge in [-0.25, -0.2) is 4.39 Å². The number of hydrogen-bond acceptors (Lipinski definition) is 1. The number of fused-ring (bicyclic) bond motifs is 1. The molecule has 0 bridgehead atoms. The number of alkyl halides is 1. The Kier molecular flexibility index (Phi) is 3.48. The third kappa shape index (κ3) is 2.48. The number of rotatable bonds is 2. The van der Waals surface area contributed by atoms with Crippen LogP contribution < -0.4 is 0 Å². The third-order valence-electron chi connectivity index (χ3n) is 3.27. The van der Waals surface area contributed by atoms with E-state index >= 15 is 0 Å². The predicted molar refractivity (Wildman–Crippen MR) is 74.0 cm³/mol. The highest BCUT2D eigenvalue weighted by atomic mass is 35.5. The zero-order chi connectivity index (χ0) is 13.4. The summed E-state index contributed by atoms with van der Waals surface area (Å²) in [6.07, 6.45) is 0. The highest BCUT2D eigenvalue weighted by molar-refractivity contribution is 6.30. The highest BCUT2D eigenvalue weighted by Crippen LogP contribution is 2.34. The van der Waals surface area contributed by atoms with Crippen molar-refractivity contribution in [2.75, 3.05) is 0 Å². The normalized spacial score (nSPS) is 15.3. The fraction of sp³-hybridized carbons (Fsp3) is 0.200. The zero-order valence-electron chi connectivity index (χ0n) is 10.00. The molecule has 4 heteroatoms. The lowest BCUT2D eigenvalue weighted by molar-refractivity contribution is 0.134. The second kappa shape index (κ2) is 5.12. The standard InChI is InChI=1S/C15H11Cl2FO/c16-12-3-4-14(18)13(6-12)15(17)9-1-2-10-7-19-8-11(10)5-9/h1-6,15H,7-8H2. The fourth-order valence-corrected chi connectivity index (χ4v) is 2.72. The molecule has 0 saturated heterocycles. The summed E-state index contributed by atoms with van der Waals surface area (Å²) in [5.41, 5.74) is 3.53. The molecule has 0 N–H and O–H groups in total. The van der Waals surface area contributed by atoms with Crippen LogP contribution in [0, 0.1) is 5.82 Å². The Hall–Kier alpha value is -1.09. The molecule has 19 heavy (non-hydrogen) atoms. The van der Waals surface area contributed by atoms with Crippen LogP contribution in [-0.2, 0) is 18.0 Å². The van der Waals surface area contributed by atoms with Gasteiger partial charge in [0.2, 0.25) is 0 Å². The van der Waals surface area contributed by atoms with Crippen LogP contribution in [0.4, 0.5) is 4.39 Å². The van der Waals surface area contributed by atoms with Crippen LogP contribution in [0.1, 0.15) is 27.6 Å². The fourth-order valence-electron chi connectivity index (χ4n) is 2.24. The number of ether oxygens (including phenoxy) is 1. The molecule has 1 nitrogen and oxygen atoms in total. The van der Waals surface area contributed by atoms with E-state index < -0.39 is 5.38 Å². The molecule has 0 radical (unpaired) electrons. The first-order valence-electron chi connectivity index (χ1n) is 5.93. The van der Waals surface area contributed by atoms with Crippen molar-refractivity contribution in [2.45, 2.75) is 18.6 Å². The van der Waals surface area contributed by atoms with Crippen molar-refractivity contribution in [3.05, 3.63) is 69.5 Å². The summed E-state index contributed by atoms with van der Waals surface area (Å²) in [5.74, 6) is -0.346. The Morgan fingerprint density at radius 3 is 2.68 bits per heavy atom. The van der Waals surface area contributed by atoms with Gasteiger partial charge in [0.05, 0.1) is 18.6 Å². The Morgan fingerprint density at radius 1 is 1.05 bits per heavy atom. The molecule has 2 aromatic carbocycles. The molecular formula is C15H11Cl2FO. The first-order valence-corrected chi connectivity index (χ1v) is 6.75. The average Bonchev–Trinajstić information content (AvgIpc) is 2.88. The van der Waals surface area contributed by atoms with Crippen LogP contribution in [0.5, 0.6) is 0 Å². The molecule has 3 rings (SSSR count). The predicted octanol–water partition coefficient (Wildman–Crippen LogP) is 4.84. The summed E-state index contributed by atoms with van der Waals surface area (Å²) in [7, 11) is 0. The lowest BCUT2D eigenvalue weighted by atomic mass is 10.00. The van der Waals surface area contributed by atoms with Gasteiger partial charge < -0.3 is 4.74 Å². The molecule has 0 saturated carbocycles. The van der Waals surface area contributed by atoms with Crippen molar-refractivity contribution < 1.29 is 9.13 Å². The molecule has 0 amide bonds.